The zero-order valence-electron chi connectivity index (χ0n) is 20.0. The van der Waals surface area contributed by atoms with Crippen molar-refractivity contribution in [2.24, 2.45) is 0 Å². The van der Waals surface area contributed by atoms with Crippen LogP contribution in [0.3, 0.4) is 0 Å². The molecule has 6 nitrogen and oxygen atoms in total. The van der Waals surface area contributed by atoms with Gasteiger partial charge in [0.25, 0.3) is 0 Å². The lowest BCUT2D eigenvalue weighted by molar-refractivity contribution is 0.0241. The van der Waals surface area contributed by atoms with Crippen molar-refractivity contribution in [2.75, 3.05) is 44.2 Å². The minimum Gasteiger partial charge on any atom is -0.493 e. The number of benzene rings is 2. The fraction of sp³-hybridized carbons (Fsp3) is 0.444. The monoisotopic (exact) mass is 481 g/mol. The van der Waals surface area contributed by atoms with Gasteiger partial charge in [-0.3, -0.25) is 4.90 Å². The number of aliphatic hydroxyl groups excluding tert-OH is 1. The number of aryl methyl sites for hydroxylation is 1. The van der Waals surface area contributed by atoms with E-state index in [-0.39, 0.29) is 0 Å². The molecule has 34 heavy (non-hydrogen) atoms. The summed E-state index contributed by atoms with van der Waals surface area (Å²) < 4.78 is 17.5. The fourth-order valence-electron chi connectivity index (χ4n) is 4.30. The molecule has 0 saturated carbocycles. The highest BCUT2D eigenvalue weighted by molar-refractivity contribution is 7.13. The van der Waals surface area contributed by atoms with Gasteiger partial charge in [0.05, 0.1) is 11.3 Å². The number of anilines is 1. The fourth-order valence-corrected chi connectivity index (χ4v) is 5.10. The maximum Gasteiger partial charge on any atom is 0.217 e. The third-order valence-corrected chi connectivity index (χ3v) is 6.99. The Balaban J connectivity index is 1.18. The predicted octanol–water partition coefficient (Wildman–Crippen LogP) is 5.11. The molecule has 1 aromatic heterocycles. The molecule has 1 aliphatic heterocycles. The van der Waals surface area contributed by atoms with Gasteiger partial charge in [-0.1, -0.05) is 38.1 Å². The molecule has 0 spiro atoms. The van der Waals surface area contributed by atoms with Crippen LogP contribution in [0.25, 0.3) is 10.1 Å². The summed E-state index contributed by atoms with van der Waals surface area (Å²) in [4.78, 5) is 4.96. The van der Waals surface area contributed by atoms with Gasteiger partial charge in [-0.2, -0.15) is 4.37 Å². The normalized spacial score (nSPS) is 15.4. The molecule has 0 radical (unpaired) electrons. The predicted molar refractivity (Wildman–Crippen MR) is 140 cm³/mol. The minimum atomic E-state index is -1.01. The topological polar surface area (TPSA) is 58.1 Å². The smallest absolute Gasteiger partial charge is 0.217 e. The maximum atomic E-state index is 9.79. The summed E-state index contributed by atoms with van der Waals surface area (Å²) in [7, 11) is 0. The second-order valence-electron chi connectivity index (χ2n) is 8.65. The molecule has 0 aliphatic carbocycles. The lowest BCUT2D eigenvalue weighted by atomic mass is 10.1. The molecule has 2 heterocycles. The van der Waals surface area contributed by atoms with Gasteiger partial charge in [-0.05, 0) is 67.2 Å². The summed E-state index contributed by atoms with van der Waals surface area (Å²) in [5.41, 5.74) is 1.07. The molecule has 1 saturated heterocycles. The summed E-state index contributed by atoms with van der Waals surface area (Å²) >= 11 is 1.59. The quantitative estimate of drug-likeness (QED) is 0.220. The number of aliphatic hydroxyl groups is 1. The van der Waals surface area contributed by atoms with Crippen molar-refractivity contribution in [3.05, 3.63) is 60.7 Å². The van der Waals surface area contributed by atoms with Crippen molar-refractivity contribution in [3.8, 4) is 11.5 Å². The third kappa shape index (κ3) is 6.29. The Kier molecular flexibility index (Phi) is 8.79. The lowest BCUT2D eigenvalue weighted by Gasteiger charge is -2.35. The number of hydrogen-bond donors (Lipinski definition) is 1. The van der Waals surface area contributed by atoms with Gasteiger partial charge < -0.3 is 19.5 Å². The maximum absolute atomic E-state index is 9.79. The van der Waals surface area contributed by atoms with Crippen LogP contribution < -0.4 is 14.4 Å². The second kappa shape index (κ2) is 12.2. The Hall–Kier alpha value is -2.61. The first-order valence-electron chi connectivity index (χ1n) is 12.2. The van der Waals surface area contributed by atoms with Crippen molar-refractivity contribution in [3.63, 3.8) is 0 Å². The molecular weight excluding hydrogens is 446 g/mol. The van der Waals surface area contributed by atoms with Crippen LogP contribution in [0.2, 0.25) is 0 Å². The highest BCUT2D eigenvalue weighted by Crippen LogP contribution is 2.30. The molecule has 0 bridgehead atoms. The van der Waals surface area contributed by atoms with Crippen LogP contribution in [0.1, 0.15) is 31.7 Å². The molecular formula is C27H35N3O3S. The van der Waals surface area contributed by atoms with Crippen LogP contribution in [0, 0.1) is 0 Å². The molecule has 1 fully saturated rings. The molecule has 1 unspecified atom stereocenters. The third-order valence-electron chi connectivity index (χ3n) is 6.17. The van der Waals surface area contributed by atoms with Gasteiger partial charge in [0.15, 0.2) is 0 Å². The first kappa shape index (κ1) is 24.5. The van der Waals surface area contributed by atoms with E-state index >= 15 is 0 Å². The number of hydrogen-bond acceptors (Lipinski definition) is 7. The Morgan fingerprint density at radius 2 is 1.97 bits per heavy atom. The molecule has 4 rings (SSSR count). The Bertz CT molecular complexity index is 1060. The zero-order chi connectivity index (χ0) is 23.8. The van der Waals surface area contributed by atoms with Crippen molar-refractivity contribution in [1.29, 1.82) is 0 Å². The molecule has 1 aliphatic rings. The highest BCUT2D eigenvalue weighted by Gasteiger charge is 2.20. The summed E-state index contributed by atoms with van der Waals surface area (Å²) in [5.74, 6) is 2.58. The standard InChI is InChI=1S/C27H35N3O3S/c1-3-9-21-12-13-22(20-24(21)33-26(31)4-2)32-19-8-7-14-29-15-17-30(18-16-29)27-23-10-5-6-11-25(23)34-28-27/h4-6,10-13,20,26,31H,2-3,7-9,14-19H2,1H3. The Morgan fingerprint density at radius 1 is 1.15 bits per heavy atom. The average molecular weight is 482 g/mol. The molecule has 7 heteroatoms. The van der Waals surface area contributed by atoms with Crippen LogP contribution in [-0.4, -0.2) is 60.0 Å². The molecule has 1 N–H and O–H groups in total. The van der Waals surface area contributed by atoms with Gasteiger partial charge in [0, 0.05) is 37.6 Å². The van der Waals surface area contributed by atoms with Crippen LogP contribution in [0.15, 0.2) is 55.1 Å². The lowest BCUT2D eigenvalue weighted by Crippen LogP contribution is -2.46. The molecule has 182 valence electrons. The number of piperazine rings is 1. The van der Waals surface area contributed by atoms with Crippen LogP contribution in [0.5, 0.6) is 11.5 Å². The van der Waals surface area contributed by atoms with E-state index in [2.05, 4.69) is 47.6 Å². The van der Waals surface area contributed by atoms with Gasteiger partial charge in [-0.25, -0.2) is 0 Å². The Labute approximate surface area is 206 Å². The van der Waals surface area contributed by atoms with Crippen molar-refractivity contribution < 1.29 is 14.6 Å². The summed E-state index contributed by atoms with van der Waals surface area (Å²) in [5, 5.41) is 11.1. The molecule has 3 aromatic rings. The number of unbranched alkanes of at least 4 members (excludes halogenated alkanes) is 1. The van der Waals surface area contributed by atoms with E-state index in [9.17, 15) is 5.11 Å². The number of aromatic nitrogens is 1. The largest absolute Gasteiger partial charge is 0.493 e. The highest BCUT2D eigenvalue weighted by atomic mass is 32.1. The molecule has 0 amide bonds. The van der Waals surface area contributed by atoms with Crippen LogP contribution >= 0.6 is 11.5 Å². The summed E-state index contributed by atoms with van der Waals surface area (Å²) in [6.07, 6.45) is 4.37. The number of nitrogens with zero attached hydrogens (tertiary/aromatic N) is 3. The van der Waals surface area contributed by atoms with Gasteiger partial charge in [0.1, 0.15) is 17.3 Å². The van der Waals surface area contributed by atoms with Crippen LogP contribution in [0.4, 0.5) is 5.82 Å². The van der Waals surface area contributed by atoms with Gasteiger partial charge in [0.2, 0.25) is 6.29 Å². The van der Waals surface area contributed by atoms with E-state index in [4.69, 9.17) is 13.8 Å². The van der Waals surface area contributed by atoms with Crippen molar-refractivity contribution in [1.82, 2.24) is 9.27 Å². The van der Waals surface area contributed by atoms with E-state index in [0.717, 1.165) is 75.5 Å². The van der Waals surface area contributed by atoms with Crippen LogP contribution in [-0.2, 0) is 6.42 Å². The van der Waals surface area contributed by atoms with Gasteiger partial charge >= 0.3 is 0 Å². The van der Waals surface area contributed by atoms with E-state index in [1.807, 2.05) is 18.2 Å². The first-order chi connectivity index (χ1) is 16.7. The SMILES string of the molecule is C=CC(O)Oc1cc(OCCCCN2CCN(c3nsc4ccccc34)CC2)ccc1CCC. The van der Waals surface area contributed by atoms with Gasteiger partial charge in [-0.15, -0.1) is 0 Å². The van der Waals surface area contributed by atoms with E-state index in [0.29, 0.717) is 12.4 Å². The summed E-state index contributed by atoms with van der Waals surface area (Å²) in [6.45, 7) is 11.6. The Morgan fingerprint density at radius 3 is 2.76 bits per heavy atom. The molecule has 1 atom stereocenters. The van der Waals surface area contributed by atoms with E-state index in [1.165, 1.54) is 16.2 Å². The van der Waals surface area contributed by atoms with Crippen molar-refractivity contribution >= 4 is 27.4 Å². The summed E-state index contributed by atoms with van der Waals surface area (Å²) in [6, 6.07) is 14.4. The molecule has 2 aromatic carbocycles. The number of rotatable bonds is 12. The zero-order valence-corrected chi connectivity index (χ0v) is 20.8. The van der Waals surface area contributed by atoms with E-state index in [1.54, 1.807) is 11.5 Å². The average Bonchev–Trinajstić information content (AvgIpc) is 3.30. The van der Waals surface area contributed by atoms with Crippen molar-refractivity contribution in [2.45, 2.75) is 38.9 Å². The second-order valence-corrected chi connectivity index (χ2v) is 9.46. The first-order valence-corrected chi connectivity index (χ1v) is 13.0. The van der Waals surface area contributed by atoms with E-state index < -0.39 is 6.29 Å². The number of fused-ring (bicyclic) bond motifs is 1. The minimum absolute atomic E-state index is 0.664. The number of ether oxygens (including phenoxy) is 2.